The predicted octanol–water partition coefficient (Wildman–Crippen LogP) is 6.85. The number of hydrogen-bond donors (Lipinski definition) is 1. The molecule has 0 spiro atoms. The molecule has 0 fully saturated rings. The Hall–Kier alpha value is -2.20. The van der Waals surface area contributed by atoms with Gasteiger partial charge in [0.1, 0.15) is 12.4 Å². The first-order valence-corrected chi connectivity index (χ1v) is 10.6. The molecular weight excluding hydrogens is 563 g/mol. The maximum absolute atomic E-state index is 11.0. The molecule has 2 aromatic carbocycles. The van der Waals surface area contributed by atoms with Crippen molar-refractivity contribution >= 4 is 72.8 Å². The molecule has 0 aliphatic rings. The second-order valence-corrected chi connectivity index (χ2v) is 8.39. The van der Waals surface area contributed by atoms with Gasteiger partial charge in [-0.3, -0.25) is 15.5 Å². The quantitative estimate of drug-likeness (QED) is 0.189. The van der Waals surface area contributed by atoms with E-state index in [2.05, 4.69) is 47.4 Å². The van der Waals surface area contributed by atoms with Gasteiger partial charge in [-0.05, 0) is 67.8 Å². The Morgan fingerprint density at radius 2 is 1.93 bits per heavy atom. The third-order valence-electron chi connectivity index (χ3n) is 3.77. The minimum atomic E-state index is -0.531. The fourth-order valence-electron chi connectivity index (χ4n) is 2.38. The smallest absolute Gasteiger partial charge is 0.313 e. The van der Waals surface area contributed by atoms with Crippen molar-refractivity contribution in [1.29, 1.82) is 0 Å². The fraction of sp³-hybridized carbons (Fsp3) is 0.0526. The lowest BCUT2D eigenvalue weighted by atomic mass is 10.2. The van der Waals surface area contributed by atoms with Crippen LogP contribution in [0.5, 0.6) is 5.75 Å². The molecule has 30 heavy (non-hydrogen) atoms. The highest BCUT2D eigenvalue weighted by Gasteiger charge is 2.13. The van der Waals surface area contributed by atoms with E-state index in [4.69, 9.17) is 27.9 Å². The summed E-state index contributed by atoms with van der Waals surface area (Å²) in [6.07, 6.45) is 2.95. The summed E-state index contributed by atoms with van der Waals surface area (Å²) in [6.45, 7) is 0.255. The third kappa shape index (κ3) is 5.69. The lowest BCUT2D eigenvalue weighted by Gasteiger charge is -2.12. The molecule has 0 saturated carbocycles. The van der Waals surface area contributed by atoms with E-state index >= 15 is 0 Å². The summed E-state index contributed by atoms with van der Waals surface area (Å²) < 4.78 is 7.25. The van der Waals surface area contributed by atoms with E-state index in [9.17, 15) is 10.1 Å². The Bertz CT molecular complexity index is 1110. The summed E-state index contributed by atoms with van der Waals surface area (Å²) in [6, 6.07) is 11.6. The van der Waals surface area contributed by atoms with Crippen LogP contribution in [-0.4, -0.2) is 16.1 Å². The number of halogens is 4. The third-order valence-corrected chi connectivity index (χ3v) is 5.54. The first kappa shape index (κ1) is 22.5. The number of ether oxygens (including phenoxy) is 1. The zero-order valence-electron chi connectivity index (χ0n) is 15.0. The van der Waals surface area contributed by atoms with Crippen LogP contribution >= 0.6 is 55.1 Å². The van der Waals surface area contributed by atoms with Gasteiger partial charge in [0.05, 0.1) is 20.1 Å². The van der Waals surface area contributed by atoms with E-state index in [-0.39, 0.29) is 18.1 Å². The van der Waals surface area contributed by atoms with Crippen LogP contribution in [0.15, 0.2) is 62.7 Å². The van der Waals surface area contributed by atoms with Crippen LogP contribution in [0.2, 0.25) is 10.0 Å². The topological polar surface area (TPSA) is 89.7 Å². The van der Waals surface area contributed by atoms with E-state index in [1.54, 1.807) is 30.3 Å². The summed E-state index contributed by atoms with van der Waals surface area (Å²) >= 11 is 19.0. The summed E-state index contributed by atoms with van der Waals surface area (Å²) in [5.74, 6) is 0.642. The average Bonchev–Trinajstić information content (AvgIpc) is 2.69. The first-order chi connectivity index (χ1) is 14.3. The van der Waals surface area contributed by atoms with Crippen molar-refractivity contribution in [1.82, 2.24) is 4.98 Å². The Morgan fingerprint density at radius 1 is 1.20 bits per heavy atom. The van der Waals surface area contributed by atoms with Gasteiger partial charge in [-0.2, -0.15) is 5.10 Å². The summed E-state index contributed by atoms with van der Waals surface area (Å²) in [7, 11) is 0. The van der Waals surface area contributed by atoms with Gasteiger partial charge in [-0.25, -0.2) is 4.98 Å². The molecule has 3 rings (SSSR count). The van der Waals surface area contributed by atoms with Gasteiger partial charge in [-0.15, -0.1) is 0 Å². The maximum atomic E-state index is 11.0. The number of nitro groups is 1. The molecule has 1 N–H and O–H groups in total. The Labute approximate surface area is 198 Å². The molecule has 1 heterocycles. The van der Waals surface area contributed by atoms with Crippen LogP contribution in [0.4, 0.5) is 11.5 Å². The highest BCUT2D eigenvalue weighted by atomic mass is 79.9. The monoisotopic (exact) mass is 572 g/mol. The standard InChI is InChI=1S/C19H12Br2Cl2N4O3/c20-14-6-11(9-25-26-19-17(27(28)29)2-1-5-24-19)7-15(21)18(14)30-10-12-3-4-13(22)8-16(12)23/h1-9H,10H2,(H,24,26)/b25-9-. The minimum absolute atomic E-state index is 0.0525. The van der Waals surface area contributed by atoms with E-state index < -0.39 is 4.92 Å². The number of benzene rings is 2. The number of hydrazone groups is 1. The average molecular weight is 575 g/mol. The number of aromatic nitrogens is 1. The van der Waals surface area contributed by atoms with E-state index in [0.29, 0.717) is 24.7 Å². The lowest BCUT2D eigenvalue weighted by molar-refractivity contribution is -0.384. The van der Waals surface area contributed by atoms with Gasteiger partial charge in [0.15, 0.2) is 0 Å². The van der Waals surface area contributed by atoms with Gasteiger partial charge in [-0.1, -0.05) is 29.3 Å². The van der Waals surface area contributed by atoms with Gasteiger partial charge in [0.25, 0.3) is 0 Å². The fourth-order valence-corrected chi connectivity index (χ4v) is 4.29. The van der Waals surface area contributed by atoms with Gasteiger partial charge < -0.3 is 4.74 Å². The molecule has 0 aliphatic carbocycles. The molecular formula is C19H12Br2Cl2N4O3. The SMILES string of the molecule is O=[N+]([O-])c1cccnc1N/N=C\c1cc(Br)c(OCc2ccc(Cl)cc2Cl)c(Br)c1. The van der Waals surface area contributed by atoms with Crippen molar-refractivity contribution in [3.05, 3.63) is 88.9 Å². The number of hydrogen-bond acceptors (Lipinski definition) is 6. The number of rotatable bonds is 7. The molecule has 3 aromatic rings. The van der Waals surface area contributed by atoms with Crippen LogP contribution in [0, 0.1) is 10.1 Å². The molecule has 154 valence electrons. The van der Waals surface area contributed by atoms with Crippen molar-refractivity contribution in [2.45, 2.75) is 6.61 Å². The number of nitrogens with one attached hydrogen (secondary N) is 1. The van der Waals surface area contributed by atoms with Crippen LogP contribution in [0.1, 0.15) is 11.1 Å². The Balaban J connectivity index is 1.71. The number of anilines is 1. The summed E-state index contributed by atoms with van der Waals surface area (Å²) in [4.78, 5) is 14.4. The van der Waals surface area contributed by atoms with Crippen LogP contribution in [-0.2, 0) is 6.61 Å². The second kappa shape index (κ2) is 10.2. The predicted molar refractivity (Wildman–Crippen MR) is 125 cm³/mol. The van der Waals surface area contributed by atoms with E-state index in [1.165, 1.54) is 24.5 Å². The molecule has 0 atom stereocenters. The second-order valence-electron chi connectivity index (χ2n) is 5.84. The van der Waals surface area contributed by atoms with Crippen molar-refractivity contribution in [3.63, 3.8) is 0 Å². The van der Waals surface area contributed by atoms with E-state index in [1.807, 2.05) is 0 Å². The van der Waals surface area contributed by atoms with Crippen molar-refractivity contribution in [2.24, 2.45) is 5.10 Å². The normalized spacial score (nSPS) is 10.9. The maximum Gasteiger partial charge on any atom is 0.313 e. The summed E-state index contributed by atoms with van der Waals surface area (Å²) in [5, 5.41) is 16.1. The Kier molecular flexibility index (Phi) is 7.65. The van der Waals surface area contributed by atoms with Crippen LogP contribution < -0.4 is 10.2 Å². The summed E-state index contributed by atoms with van der Waals surface area (Å²) in [5.41, 5.74) is 3.94. The van der Waals surface area contributed by atoms with Crippen molar-refractivity contribution in [2.75, 3.05) is 5.43 Å². The van der Waals surface area contributed by atoms with Crippen molar-refractivity contribution in [3.8, 4) is 5.75 Å². The minimum Gasteiger partial charge on any atom is -0.486 e. The molecule has 0 aliphatic heterocycles. The lowest BCUT2D eigenvalue weighted by Crippen LogP contribution is -2.00. The number of nitrogens with zero attached hydrogens (tertiary/aromatic N) is 3. The Morgan fingerprint density at radius 3 is 2.60 bits per heavy atom. The molecule has 0 radical (unpaired) electrons. The van der Waals surface area contributed by atoms with Crippen LogP contribution in [0.25, 0.3) is 0 Å². The van der Waals surface area contributed by atoms with Gasteiger partial charge in [0, 0.05) is 27.9 Å². The first-order valence-electron chi connectivity index (χ1n) is 8.29. The van der Waals surface area contributed by atoms with Crippen LogP contribution in [0.3, 0.4) is 0 Å². The molecule has 0 saturated heterocycles. The number of pyridine rings is 1. The molecule has 1 aromatic heterocycles. The van der Waals surface area contributed by atoms with Gasteiger partial charge >= 0.3 is 5.69 Å². The molecule has 7 nitrogen and oxygen atoms in total. The highest BCUT2D eigenvalue weighted by Crippen LogP contribution is 2.35. The highest BCUT2D eigenvalue weighted by molar-refractivity contribution is 9.11. The van der Waals surface area contributed by atoms with E-state index in [0.717, 1.165) is 11.1 Å². The molecule has 0 unspecified atom stereocenters. The molecule has 11 heteroatoms. The van der Waals surface area contributed by atoms with Crippen molar-refractivity contribution < 1.29 is 9.66 Å². The largest absolute Gasteiger partial charge is 0.486 e. The molecule has 0 amide bonds. The molecule has 0 bridgehead atoms. The van der Waals surface area contributed by atoms with Gasteiger partial charge in [0.2, 0.25) is 5.82 Å². The zero-order valence-corrected chi connectivity index (χ0v) is 19.7. The zero-order chi connectivity index (χ0) is 21.7.